The van der Waals surface area contributed by atoms with Crippen molar-refractivity contribution in [3.05, 3.63) is 0 Å². The molecule has 0 radical (unpaired) electrons. The summed E-state index contributed by atoms with van der Waals surface area (Å²) in [5, 5.41) is 13.2. The van der Waals surface area contributed by atoms with Crippen molar-refractivity contribution in [1.29, 1.82) is 0 Å². The normalized spacial score (nSPS) is 25.9. The van der Waals surface area contributed by atoms with Crippen molar-refractivity contribution in [1.82, 2.24) is 5.32 Å². The first-order valence-corrected chi connectivity index (χ1v) is 7.24. The standard InChI is InChI=1S/C14H27NO2/c16-12-14(6-2-1-3-7-14)11-15-10-13-4-8-17-9-5-13/h13,15-16H,1-12H2. The van der Waals surface area contributed by atoms with Gasteiger partial charge in [0, 0.05) is 31.8 Å². The first kappa shape index (κ1) is 13.3. The highest BCUT2D eigenvalue weighted by Crippen LogP contribution is 2.35. The second kappa shape index (κ2) is 6.72. The molecule has 0 amide bonds. The van der Waals surface area contributed by atoms with Crippen molar-refractivity contribution in [3.63, 3.8) is 0 Å². The fraction of sp³-hybridized carbons (Fsp3) is 1.00. The molecule has 2 fully saturated rings. The van der Waals surface area contributed by atoms with E-state index >= 15 is 0 Å². The molecule has 0 unspecified atom stereocenters. The van der Waals surface area contributed by atoms with Crippen LogP contribution in [-0.4, -0.2) is 38.0 Å². The number of aliphatic hydroxyl groups is 1. The van der Waals surface area contributed by atoms with E-state index in [0.717, 1.165) is 32.2 Å². The minimum atomic E-state index is 0.184. The van der Waals surface area contributed by atoms with Crippen molar-refractivity contribution in [2.24, 2.45) is 11.3 Å². The van der Waals surface area contributed by atoms with E-state index in [0.29, 0.717) is 6.61 Å². The van der Waals surface area contributed by atoms with Gasteiger partial charge in [-0.15, -0.1) is 0 Å². The van der Waals surface area contributed by atoms with E-state index in [1.807, 2.05) is 0 Å². The maximum Gasteiger partial charge on any atom is 0.0499 e. The zero-order chi connectivity index (χ0) is 12.0. The topological polar surface area (TPSA) is 41.5 Å². The maximum atomic E-state index is 9.62. The van der Waals surface area contributed by atoms with Gasteiger partial charge in [0.15, 0.2) is 0 Å². The van der Waals surface area contributed by atoms with E-state index in [9.17, 15) is 5.11 Å². The molecule has 17 heavy (non-hydrogen) atoms. The highest BCUT2D eigenvalue weighted by molar-refractivity contribution is 4.84. The van der Waals surface area contributed by atoms with Crippen LogP contribution in [0.2, 0.25) is 0 Å². The number of rotatable bonds is 5. The third kappa shape index (κ3) is 3.94. The highest BCUT2D eigenvalue weighted by Gasteiger charge is 2.31. The average molecular weight is 241 g/mol. The molecule has 3 heteroatoms. The van der Waals surface area contributed by atoms with E-state index in [1.54, 1.807) is 0 Å². The van der Waals surface area contributed by atoms with Crippen LogP contribution in [0.1, 0.15) is 44.9 Å². The van der Waals surface area contributed by atoms with Gasteiger partial charge >= 0.3 is 0 Å². The SMILES string of the molecule is OCC1(CNCC2CCOCC2)CCCCC1. The fourth-order valence-electron chi connectivity index (χ4n) is 3.18. The first-order valence-electron chi connectivity index (χ1n) is 7.24. The largest absolute Gasteiger partial charge is 0.396 e. The van der Waals surface area contributed by atoms with Crippen molar-refractivity contribution in [2.75, 3.05) is 32.9 Å². The van der Waals surface area contributed by atoms with E-state index in [1.165, 1.54) is 44.9 Å². The van der Waals surface area contributed by atoms with Gasteiger partial charge < -0.3 is 15.2 Å². The van der Waals surface area contributed by atoms with Crippen LogP contribution in [0.4, 0.5) is 0 Å². The summed E-state index contributed by atoms with van der Waals surface area (Å²) >= 11 is 0. The van der Waals surface area contributed by atoms with Crippen LogP contribution < -0.4 is 5.32 Å². The lowest BCUT2D eigenvalue weighted by atomic mass is 9.74. The molecule has 100 valence electrons. The smallest absolute Gasteiger partial charge is 0.0499 e. The molecule has 0 aromatic heterocycles. The van der Waals surface area contributed by atoms with Gasteiger partial charge in [-0.25, -0.2) is 0 Å². The number of ether oxygens (including phenoxy) is 1. The van der Waals surface area contributed by atoms with Crippen LogP contribution in [0.25, 0.3) is 0 Å². The average Bonchev–Trinajstić information content (AvgIpc) is 2.41. The van der Waals surface area contributed by atoms with Gasteiger partial charge in [-0.2, -0.15) is 0 Å². The molecule has 0 atom stereocenters. The van der Waals surface area contributed by atoms with Gasteiger partial charge in [-0.3, -0.25) is 0 Å². The minimum absolute atomic E-state index is 0.184. The van der Waals surface area contributed by atoms with Crippen molar-refractivity contribution in [3.8, 4) is 0 Å². The van der Waals surface area contributed by atoms with Gasteiger partial charge in [0.25, 0.3) is 0 Å². The van der Waals surface area contributed by atoms with E-state index in [-0.39, 0.29) is 5.41 Å². The summed E-state index contributed by atoms with van der Waals surface area (Å²) in [6.07, 6.45) is 8.72. The summed E-state index contributed by atoms with van der Waals surface area (Å²) in [7, 11) is 0. The van der Waals surface area contributed by atoms with E-state index in [4.69, 9.17) is 4.74 Å². The van der Waals surface area contributed by atoms with Crippen LogP contribution in [0, 0.1) is 11.3 Å². The summed E-state index contributed by atoms with van der Waals surface area (Å²) in [5.41, 5.74) is 0.184. The fourth-order valence-corrected chi connectivity index (χ4v) is 3.18. The Morgan fingerprint density at radius 2 is 1.82 bits per heavy atom. The summed E-state index contributed by atoms with van der Waals surface area (Å²) < 4.78 is 5.37. The lowest BCUT2D eigenvalue weighted by Crippen LogP contribution is -2.41. The molecule has 1 aliphatic heterocycles. The zero-order valence-electron chi connectivity index (χ0n) is 10.9. The molecule has 0 spiro atoms. The molecule has 2 rings (SSSR count). The van der Waals surface area contributed by atoms with Gasteiger partial charge in [-0.05, 0) is 38.1 Å². The van der Waals surface area contributed by atoms with Crippen LogP contribution >= 0.6 is 0 Å². The molecule has 1 aliphatic carbocycles. The number of aliphatic hydroxyl groups excluding tert-OH is 1. The molecule has 1 saturated carbocycles. The molecule has 2 aliphatic rings. The predicted octanol–water partition coefficient (Wildman–Crippen LogP) is 1.95. The summed E-state index contributed by atoms with van der Waals surface area (Å²) in [4.78, 5) is 0. The van der Waals surface area contributed by atoms with Gasteiger partial charge in [0.05, 0.1) is 0 Å². The molecule has 0 aromatic rings. The van der Waals surface area contributed by atoms with Crippen LogP contribution in [0.15, 0.2) is 0 Å². The Hall–Kier alpha value is -0.120. The monoisotopic (exact) mass is 241 g/mol. The maximum absolute atomic E-state index is 9.62. The third-order valence-electron chi connectivity index (χ3n) is 4.52. The van der Waals surface area contributed by atoms with E-state index < -0.39 is 0 Å². The molecule has 2 N–H and O–H groups in total. The second-order valence-corrected chi connectivity index (χ2v) is 5.91. The Morgan fingerprint density at radius 3 is 2.47 bits per heavy atom. The molecule has 3 nitrogen and oxygen atoms in total. The Kier molecular flexibility index (Phi) is 5.26. The predicted molar refractivity (Wildman–Crippen MR) is 69.0 cm³/mol. The summed E-state index contributed by atoms with van der Waals surface area (Å²) in [6.45, 7) is 4.31. The highest BCUT2D eigenvalue weighted by atomic mass is 16.5. The minimum Gasteiger partial charge on any atom is -0.396 e. The Labute approximate surface area is 105 Å². The van der Waals surface area contributed by atoms with Crippen molar-refractivity contribution >= 4 is 0 Å². The van der Waals surface area contributed by atoms with Gasteiger partial charge in [-0.1, -0.05) is 19.3 Å². The van der Waals surface area contributed by atoms with Gasteiger partial charge in [0.2, 0.25) is 0 Å². The van der Waals surface area contributed by atoms with Crippen LogP contribution in [0.5, 0.6) is 0 Å². The third-order valence-corrected chi connectivity index (χ3v) is 4.52. The Bertz CT molecular complexity index is 208. The Morgan fingerprint density at radius 1 is 1.12 bits per heavy atom. The molecule has 0 bridgehead atoms. The number of hydrogen-bond donors (Lipinski definition) is 2. The lowest BCUT2D eigenvalue weighted by molar-refractivity contribution is 0.0581. The van der Waals surface area contributed by atoms with Crippen molar-refractivity contribution < 1.29 is 9.84 Å². The van der Waals surface area contributed by atoms with E-state index in [2.05, 4.69) is 5.32 Å². The van der Waals surface area contributed by atoms with Crippen LogP contribution in [0.3, 0.4) is 0 Å². The molecular weight excluding hydrogens is 214 g/mol. The van der Waals surface area contributed by atoms with Gasteiger partial charge in [0.1, 0.15) is 0 Å². The number of hydrogen-bond acceptors (Lipinski definition) is 3. The quantitative estimate of drug-likeness (QED) is 0.773. The Balaban J connectivity index is 1.68. The second-order valence-electron chi connectivity index (χ2n) is 5.91. The summed E-state index contributed by atoms with van der Waals surface area (Å²) in [6, 6.07) is 0. The van der Waals surface area contributed by atoms with Crippen LogP contribution in [-0.2, 0) is 4.74 Å². The zero-order valence-corrected chi connectivity index (χ0v) is 10.9. The molecule has 0 aromatic carbocycles. The number of nitrogens with one attached hydrogen (secondary N) is 1. The molecular formula is C14H27NO2. The lowest BCUT2D eigenvalue weighted by Gasteiger charge is -2.36. The molecule has 1 heterocycles. The molecule has 1 saturated heterocycles. The summed E-state index contributed by atoms with van der Waals surface area (Å²) in [5.74, 6) is 0.781. The van der Waals surface area contributed by atoms with Crippen molar-refractivity contribution in [2.45, 2.75) is 44.9 Å². The first-order chi connectivity index (χ1) is 8.35.